The zero-order valence-electron chi connectivity index (χ0n) is 10.0. The third-order valence-electron chi connectivity index (χ3n) is 2.54. The lowest BCUT2D eigenvalue weighted by atomic mass is 10.3. The molecule has 3 nitrogen and oxygen atoms in total. The number of rotatable bonds is 3. The van der Waals surface area contributed by atoms with Crippen molar-refractivity contribution in [2.75, 3.05) is 5.32 Å². The molecule has 0 bridgehead atoms. The molecule has 1 aromatic carbocycles. The summed E-state index contributed by atoms with van der Waals surface area (Å²) in [6.07, 6.45) is -4.42. The van der Waals surface area contributed by atoms with E-state index < -0.39 is 11.9 Å². The van der Waals surface area contributed by atoms with Crippen molar-refractivity contribution in [1.82, 2.24) is 9.78 Å². The van der Waals surface area contributed by atoms with Crippen LogP contribution in [0.1, 0.15) is 11.4 Å². The standard InChI is InChI=1S/C12H11F4N3/c1-19-11(12(14,15)16)6-10(18-19)7-17-9-4-2-8(13)3-5-9/h2-6,17H,7H2,1H3. The molecule has 19 heavy (non-hydrogen) atoms. The molecule has 0 saturated carbocycles. The Hall–Kier alpha value is -2.05. The largest absolute Gasteiger partial charge is 0.433 e. The summed E-state index contributed by atoms with van der Waals surface area (Å²) in [5.74, 6) is -0.372. The highest BCUT2D eigenvalue weighted by Crippen LogP contribution is 2.29. The Morgan fingerprint density at radius 1 is 1.21 bits per heavy atom. The molecular weight excluding hydrogens is 262 g/mol. The van der Waals surface area contributed by atoms with Gasteiger partial charge < -0.3 is 5.32 Å². The van der Waals surface area contributed by atoms with E-state index in [2.05, 4.69) is 10.4 Å². The highest BCUT2D eigenvalue weighted by molar-refractivity contribution is 5.43. The van der Waals surface area contributed by atoms with Crippen molar-refractivity contribution >= 4 is 5.69 Å². The molecule has 1 N–H and O–H groups in total. The second kappa shape index (κ2) is 4.91. The van der Waals surface area contributed by atoms with Gasteiger partial charge in [-0.25, -0.2) is 4.39 Å². The first-order valence-electron chi connectivity index (χ1n) is 5.46. The number of benzene rings is 1. The van der Waals surface area contributed by atoms with Gasteiger partial charge in [-0.3, -0.25) is 4.68 Å². The van der Waals surface area contributed by atoms with Gasteiger partial charge in [0.05, 0.1) is 12.2 Å². The van der Waals surface area contributed by atoms with E-state index in [-0.39, 0.29) is 18.1 Å². The van der Waals surface area contributed by atoms with Gasteiger partial charge >= 0.3 is 6.18 Å². The predicted molar refractivity (Wildman–Crippen MR) is 61.9 cm³/mol. The number of hydrogen-bond acceptors (Lipinski definition) is 2. The zero-order valence-corrected chi connectivity index (χ0v) is 10.0. The monoisotopic (exact) mass is 273 g/mol. The molecule has 0 aliphatic heterocycles. The molecule has 0 aliphatic carbocycles. The smallest absolute Gasteiger partial charge is 0.379 e. The fourth-order valence-corrected chi connectivity index (χ4v) is 1.64. The first kappa shape index (κ1) is 13.4. The quantitative estimate of drug-likeness (QED) is 0.870. The van der Waals surface area contributed by atoms with Crippen molar-refractivity contribution in [1.29, 1.82) is 0 Å². The Morgan fingerprint density at radius 2 is 1.84 bits per heavy atom. The summed E-state index contributed by atoms with van der Waals surface area (Å²) >= 11 is 0. The fraction of sp³-hybridized carbons (Fsp3) is 0.250. The first-order valence-corrected chi connectivity index (χ1v) is 5.46. The Labute approximate surface area is 106 Å². The summed E-state index contributed by atoms with van der Waals surface area (Å²) in [7, 11) is 1.24. The van der Waals surface area contributed by atoms with Crippen molar-refractivity contribution in [3.63, 3.8) is 0 Å². The van der Waals surface area contributed by atoms with Crippen LogP contribution in [0.5, 0.6) is 0 Å². The van der Waals surface area contributed by atoms with E-state index in [4.69, 9.17) is 0 Å². The van der Waals surface area contributed by atoms with Crippen molar-refractivity contribution in [3.8, 4) is 0 Å². The normalized spacial score (nSPS) is 11.6. The van der Waals surface area contributed by atoms with Crippen molar-refractivity contribution < 1.29 is 17.6 Å². The van der Waals surface area contributed by atoms with Crippen LogP contribution in [0.4, 0.5) is 23.2 Å². The van der Waals surface area contributed by atoms with E-state index in [1.54, 1.807) is 0 Å². The molecule has 0 unspecified atom stereocenters. The van der Waals surface area contributed by atoms with E-state index in [0.29, 0.717) is 5.69 Å². The Balaban J connectivity index is 2.06. The van der Waals surface area contributed by atoms with Gasteiger partial charge in [-0.1, -0.05) is 0 Å². The molecule has 7 heteroatoms. The SMILES string of the molecule is Cn1nc(CNc2ccc(F)cc2)cc1C(F)(F)F. The molecule has 2 aromatic rings. The number of aryl methyl sites for hydroxylation is 1. The average molecular weight is 273 g/mol. The predicted octanol–water partition coefficient (Wildman–Crippen LogP) is 3.19. The molecule has 0 atom stereocenters. The molecular formula is C12H11F4N3. The first-order chi connectivity index (χ1) is 8.86. The van der Waals surface area contributed by atoms with Crippen LogP contribution in [-0.2, 0) is 19.8 Å². The molecule has 0 fully saturated rings. The van der Waals surface area contributed by atoms with Crippen molar-refractivity contribution in [2.24, 2.45) is 7.05 Å². The minimum Gasteiger partial charge on any atom is -0.379 e. The highest BCUT2D eigenvalue weighted by atomic mass is 19.4. The van der Waals surface area contributed by atoms with Gasteiger partial charge in [-0.05, 0) is 30.3 Å². The van der Waals surface area contributed by atoms with E-state index in [1.807, 2.05) is 0 Å². The lowest BCUT2D eigenvalue weighted by molar-refractivity contribution is -0.143. The summed E-state index contributed by atoms with van der Waals surface area (Å²) in [6.45, 7) is 0.134. The third kappa shape index (κ3) is 3.24. The van der Waals surface area contributed by atoms with Gasteiger partial charge in [-0.2, -0.15) is 18.3 Å². The van der Waals surface area contributed by atoms with Gasteiger partial charge in [0.25, 0.3) is 0 Å². The Kier molecular flexibility index (Phi) is 3.46. The lowest BCUT2D eigenvalue weighted by Gasteiger charge is -2.04. The number of anilines is 1. The van der Waals surface area contributed by atoms with Gasteiger partial charge in [0.2, 0.25) is 0 Å². The fourth-order valence-electron chi connectivity index (χ4n) is 1.64. The minimum atomic E-state index is -4.42. The number of alkyl halides is 3. The topological polar surface area (TPSA) is 29.9 Å². The zero-order chi connectivity index (χ0) is 14.0. The van der Waals surface area contributed by atoms with Gasteiger partial charge in [0.15, 0.2) is 0 Å². The number of nitrogens with zero attached hydrogens (tertiary/aromatic N) is 2. The van der Waals surface area contributed by atoms with Crippen LogP contribution in [-0.4, -0.2) is 9.78 Å². The van der Waals surface area contributed by atoms with Crippen LogP contribution in [0, 0.1) is 5.82 Å². The summed E-state index contributed by atoms with van der Waals surface area (Å²) in [6, 6.07) is 6.52. The van der Waals surface area contributed by atoms with Crippen LogP contribution < -0.4 is 5.32 Å². The molecule has 1 heterocycles. The maximum Gasteiger partial charge on any atom is 0.433 e. The van der Waals surface area contributed by atoms with Crippen LogP contribution in [0.15, 0.2) is 30.3 Å². The molecule has 0 spiro atoms. The molecule has 0 radical (unpaired) electrons. The molecule has 0 amide bonds. The van der Waals surface area contributed by atoms with Crippen LogP contribution in [0.25, 0.3) is 0 Å². The maximum absolute atomic E-state index is 12.7. The second-order valence-corrected chi connectivity index (χ2v) is 4.00. The Bertz CT molecular complexity index is 557. The maximum atomic E-state index is 12.7. The second-order valence-electron chi connectivity index (χ2n) is 4.00. The number of hydrogen-bond donors (Lipinski definition) is 1. The summed E-state index contributed by atoms with van der Waals surface area (Å²) in [5.41, 5.74) is 0.0724. The van der Waals surface area contributed by atoms with Crippen LogP contribution in [0.3, 0.4) is 0 Å². The van der Waals surface area contributed by atoms with E-state index >= 15 is 0 Å². The van der Waals surface area contributed by atoms with Crippen molar-refractivity contribution in [2.45, 2.75) is 12.7 Å². The summed E-state index contributed by atoms with van der Waals surface area (Å²) in [4.78, 5) is 0. The van der Waals surface area contributed by atoms with E-state index in [1.165, 1.54) is 31.3 Å². The van der Waals surface area contributed by atoms with E-state index in [9.17, 15) is 17.6 Å². The van der Waals surface area contributed by atoms with Crippen LogP contribution >= 0.6 is 0 Å². The Morgan fingerprint density at radius 3 is 2.37 bits per heavy atom. The molecule has 2 rings (SSSR count). The van der Waals surface area contributed by atoms with Crippen molar-refractivity contribution in [3.05, 3.63) is 47.5 Å². The van der Waals surface area contributed by atoms with E-state index in [0.717, 1.165) is 10.7 Å². The highest BCUT2D eigenvalue weighted by Gasteiger charge is 2.34. The minimum absolute atomic E-state index is 0.134. The molecule has 0 saturated heterocycles. The average Bonchev–Trinajstić information content (AvgIpc) is 2.70. The lowest BCUT2D eigenvalue weighted by Crippen LogP contribution is -2.11. The molecule has 102 valence electrons. The summed E-state index contributed by atoms with van der Waals surface area (Å²) in [5, 5.41) is 6.64. The van der Waals surface area contributed by atoms with Gasteiger partial charge in [0, 0.05) is 12.7 Å². The number of nitrogens with one attached hydrogen (secondary N) is 1. The number of halogens is 4. The van der Waals surface area contributed by atoms with Gasteiger partial charge in [-0.15, -0.1) is 0 Å². The number of aromatic nitrogens is 2. The summed E-state index contributed by atoms with van der Waals surface area (Å²) < 4.78 is 51.1. The van der Waals surface area contributed by atoms with Crippen LogP contribution in [0.2, 0.25) is 0 Å². The molecule has 0 aliphatic rings. The molecule has 1 aromatic heterocycles. The third-order valence-corrected chi connectivity index (χ3v) is 2.54. The van der Waals surface area contributed by atoms with Gasteiger partial charge in [0.1, 0.15) is 11.5 Å².